The summed E-state index contributed by atoms with van der Waals surface area (Å²) in [5.41, 5.74) is 8.54. The van der Waals surface area contributed by atoms with Crippen molar-refractivity contribution in [3.63, 3.8) is 0 Å². The molecule has 2 aliphatic heterocycles. The molecular weight excluding hydrogens is 252 g/mol. The summed E-state index contributed by atoms with van der Waals surface area (Å²) < 4.78 is 5.66. The van der Waals surface area contributed by atoms with Crippen LogP contribution in [0.5, 0.6) is 0 Å². The van der Waals surface area contributed by atoms with Crippen molar-refractivity contribution < 1.29 is 4.42 Å². The van der Waals surface area contributed by atoms with Gasteiger partial charge in [0.05, 0.1) is 5.56 Å². The molecule has 0 unspecified atom stereocenters. The molecule has 4 heteroatoms. The Kier molecular flexibility index (Phi) is 3.49. The third-order valence-electron chi connectivity index (χ3n) is 4.17. The Labute approximate surface area is 118 Å². The Bertz CT molecular complexity index is 642. The van der Waals surface area contributed by atoms with Crippen molar-refractivity contribution in [1.82, 2.24) is 5.32 Å². The van der Waals surface area contributed by atoms with E-state index in [4.69, 9.17) is 10.2 Å². The summed E-state index contributed by atoms with van der Waals surface area (Å²) in [7, 11) is 0. The number of nitrogens with two attached hydrogens (primary N) is 1. The number of aryl methyl sites for hydroxylation is 1. The zero-order chi connectivity index (χ0) is 14.1. The molecule has 0 atom stereocenters. The molecule has 0 radical (unpaired) electrons. The predicted molar refractivity (Wildman–Crippen MR) is 80.2 cm³/mol. The zero-order valence-electron chi connectivity index (χ0n) is 11.7. The van der Waals surface area contributed by atoms with Crippen LogP contribution in [0.2, 0.25) is 0 Å². The zero-order valence-corrected chi connectivity index (χ0v) is 11.7. The van der Waals surface area contributed by atoms with E-state index in [1.807, 2.05) is 19.1 Å². The molecule has 2 heterocycles. The Balaban J connectivity index is 2.09. The maximum Gasteiger partial charge on any atom is 0.194 e. The van der Waals surface area contributed by atoms with E-state index in [0.717, 1.165) is 43.5 Å². The van der Waals surface area contributed by atoms with Crippen LogP contribution in [0.3, 0.4) is 0 Å². The smallest absolute Gasteiger partial charge is 0.194 e. The quantitative estimate of drug-likeness (QED) is 0.880. The van der Waals surface area contributed by atoms with Gasteiger partial charge in [0.2, 0.25) is 0 Å². The van der Waals surface area contributed by atoms with Gasteiger partial charge in [-0.2, -0.15) is 0 Å². The van der Waals surface area contributed by atoms with Crippen molar-refractivity contribution in [2.45, 2.75) is 32.1 Å². The lowest BCUT2D eigenvalue weighted by Gasteiger charge is -2.23. The molecule has 0 aromatic heterocycles. The third kappa shape index (κ3) is 2.31. The largest absolute Gasteiger partial charge is 0.441 e. The lowest BCUT2D eigenvalue weighted by molar-refractivity contribution is 0.459. The number of nitrogens with one attached hydrogen (secondary N) is 1. The molecule has 3 rings (SSSR count). The number of nitrogen functional groups attached to an aromatic ring is 1. The summed E-state index contributed by atoms with van der Waals surface area (Å²) in [4.78, 5) is 12.3. The van der Waals surface area contributed by atoms with Gasteiger partial charge in [-0.05, 0) is 62.0 Å². The van der Waals surface area contributed by atoms with Crippen molar-refractivity contribution in [1.29, 1.82) is 0 Å². The first-order chi connectivity index (χ1) is 9.69. The van der Waals surface area contributed by atoms with Gasteiger partial charge < -0.3 is 15.5 Å². The summed E-state index contributed by atoms with van der Waals surface area (Å²) in [6.07, 6.45) is 2.89. The Morgan fingerprint density at radius 3 is 2.75 bits per heavy atom. The third-order valence-corrected chi connectivity index (χ3v) is 4.17. The number of piperidine rings is 1. The second kappa shape index (κ2) is 5.29. The molecule has 20 heavy (non-hydrogen) atoms. The molecule has 1 fully saturated rings. The van der Waals surface area contributed by atoms with Crippen LogP contribution in [0, 0.1) is 0 Å². The summed E-state index contributed by atoms with van der Waals surface area (Å²) in [6.45, 7) is 4.01. The molecule has 4 nitrogen and oxygen atoms in total. The van der Waals surface area contributed by atoms with Crippen LogP contribution in [0.4, 0.5) is 5.88 Å². The SMILES string of the molecule is CCc1cc2c(=O)cc(C3CCNCC3)cc-2oc1N. The Morgan fingerprint density at radius 2 is 2.05 bits per heavy atom. The summed E-state index contributed by atoms with van der Waals surface area (Å²) in [5, 5.41) is 3.34. The molecule has 0 aromatic rings. The highest BCUT2D eigenvalue weighted by Gasteiger charge is 2.20. The Hall–Kier alpha value is -1.81. The molecule has 1 saturated heterocycles. The molecule has 3 aliphatic rings. The lowest BCUT2D eigenvalue weighted by Crippen LogP contribution is -2.27. The van der Waals surface area contributed by atoms with Gasteiger partial charge in [0.25, 0.3) is 0 Å². The normalized spacial score (nSPS) is 16.6. The van der Waals surface area contributed by atoms with E-state index in [0.29, 0.717) is 23.1 Å². The number of hydrogen-bond donors (Lipinski definition) is 2. The summed E-state index contributed by atoms with van der Waals surface area (Å²) >= 11 is 0. The molecule has 0 bridgehead atoms. The highest BCUT2D eigenvalue weighted by atomic mass is 16.3. The van der Waals surface area contributed by atoms with Crippen LogP contribution in [0.25, 0.3) is 11.3 Å². The predicted octanol–water partition coefficient (Wildman–Crippen LogP) is 2.36. The lowest BCUT2D eigenvalue weighted by atomic mass is 9.88. The van der Waals surface area contributed by atoms with Crippen molar-refractivity contribution >= 4 is 5.88 Å². The Morgan fingerprint density at radius 1 is 1.30 bits per heavy atom. The number of fused-ring (bicyclic) bond motifs is 1. The van der Waals surface area contributed by atoms with Gasteiger partial charge in [-0.1, -0.05) is 6.92 Å². The standard InChI is InChI=1S/C16H20N2O2/c1-2-10-7-13-14(19)8-12(9-15(13)20-16(10)17)11-3-5-18-6-4-11/h7-9,11,18H,2-6,17H2,1H3. The number of benzene rings is 1. The van der Waals surface area contributed by atoms with Crippen LogP contribution >= 0.6 is 0 Å². The fraction of sp³-hybridized carbons (Fsp3) is 0.438. The van der Waals surface area contributed by atoms with Gasteiger partial charge in [-0.3, -0.25) is 4.79 Å². The van der Waals surface area contributed by atoms with Crippen molar-refractivity contribution in [2.24, 2.45) is 0 Å². The van der Waals surface area contributed by atoms with Gasteiger partial charge in [-0.15, -0.1) is 0 Å². The molecule has 0 aromatic carbocycles. The van der Waals surface area contributed by atoms with Gasteiger partial charge in [0.15, 0.2) is 11.3 Å². The topological polar surface area (TPSA) is 68.3 Å². The molecule has 106 valence electrons. The molecule has 3 N–H and O–H groups in total. The average molecular weight is 272 g/mol. The highest BCUT2D eigenvalue weighted by Crippen LogP contribution is 2.31. The monoisotopic (exact) mass is 272 g/mol. The van der Waals surface area contributed by atoms with E-state index in [-0.39, 0.29) is 5.43 Å². The van der Waals surface area contributed by atoms with E-state index in [1.54, 1.807) is 6.07 Å². The van der Waals surface area contributed by atoms with Gasteiger partial charge in [0.1, 0.15) is 5.76 Å². The minimum atomic E-state index is 0.0366. The first-order valence-electron chi connectivity index (χ1n) is 7.26. The summed E-state index contributed by atoms with van der Waals surface area (Å²) in [6, 6.07) is 5.62. The fourth-order valence-corrected chi connectivity index (χ4v) is 2.94. The van der Waals surface area contributed by atoms with E-state index < -0.39 is 0 Å². The van der Waals surface area contributed by atoms with Gasteiger partial charge in [0, 0.05) is 5.56 Å². The molecule has 0 spiro atoms. The molecule has 1 aliphatic carbocycles. The van der Waals surface area contributed by atoms with E-state index in [9.17, 15) is 4.79 Å². The molecule has 0 amide bonds. The first-order valence-corrected chi connectivity index (χ1v) is 7.26. The number of anilines is 1. The minimum absolute atomic E-state index is 0.0366. The van der Waals surface area contributed by atoms with Crippen LogP contribution < -0.4 is 16.5 Å². The molecule has 0 saturated carbocycles. The van der Waals surface area contributed by atoms with E-state index >= 15 is 0 Å². The average Bonchev–Trinajstić information content (AvgIpc) is 2.47. The molecular formula is C16H20N2O2. The van der Waals surface area contributed by atoms with E-state index in [2.05, 4.69) is 5.32 Å². The van der Waals surface area contributed by atoms with Gasteiger partial charge in [-0.25, -0.2) is 0 Å². The van der Waals surface area contributed by atoms with Crippen molar-refractivity contribution in [3.05, 3.63) is 39.5 Å². The highest BCUT2D eigenvalue weighted by molar-refractivity contribution is 5.64. The van der Waals surface area contributed by atoms with E-state index in [1.165, 1.54) is 0 Å². The second-order valence-corrected chi connectivity index (χ2v) is 5.44. The van der Waals surface area contributed by atoms with Crippen LogP contribution in [-0.2, 0) is 6.42 Å². The van der Waals surface area contributed by atoms with Crippen molar-refractivity contribution in [2.75, 3.05) is 18.8 Å². The van der Waals surface area contributed by atoms with Crippen LogP contribution in [0.1, 0.15) is 36.8 Å². The van der Waals surface area contributed by atoms with Crippen LogP contribution in [-0.4, -0.2) is 13.1 Å². The summed E-state index contributed by atoms with van der Waals surface area (Å²) in [5.74, 6) is 1.47. The maximum atomic E-state index is 12.3. The number of rotatable bonds is 2. The minimum Gasteiger partial charge on any atom is -0.441 e. The number of hydrogen-bond acceptors (Lipinski definition) is 4. The maximum absolute atomic E-state index is 12.3. The fourth-order valence-electron chi connectivity index (χ4n) is 2.94. The van der Waals surface area contributed by atoms with Crippen LogP contribution in [0.15, 0.2) is 27.4 Å². The van der Waals surface area contributed by atoms with Gasteiger partial charge >= 0.3 is 0 Å². The first kappa shape index (κ1) is 13.2. The van der Waals surface area contributed by atoms with Crippen molar-refractivity contribution in [3.8, 4) is 11.3 Å². The second-order valence-electron chi connectivity index (χ2n) is 5.44.